The van der Waals surface area contributed by atoms with Crippen LogP contribution in [0.4, 0.5) is 0 Å². The fraction of sp³-hybridized carbons (Fsp3) is 0.448. The van der Waals surface area contributed by atoms with Gasteiger partial charge in [-0.3, -0.25) is 9.88 Å². The lowest BCUT2D eigenvalue weighted by atomic mass is 9.92. The van der Waals surface area contributed by atoms with E-state index >= 15 is 0 Å². The highest BCUT2D eigenvalue weighted by atomic mass is 16.5. The van der Waals surface area contributed by atoms with Crippen molar-refractivity contribution in [1.29, 1.82) is 0 Å². The topological polar surface area (TPSA) is 74.3 Å². The molecule has 6 rings (SSSR count). The Hall–Kier alpha value is -3.00. The highest BCUT2D eigenvalue weighted by Crippen LogP contribution is 2.41. The van der Waals surface area contributed by atoms with Crippen LogP contribution < -0.4 is 0 Å². The number of hydrogen-bond donors (Lipinski definition) is 1. The summed E-state index contributed by atoms with van der Waals surface area (Å²) in [6.07, 6.45) is 7.56. The van der Waals surface area contributed by atoms with Crippen molar-refractivity contribution >= 4 is 5.71 Å². The summed E-state index contributed by atoms with van der Waals surface area (Å²) in [5.41, 5.74) is 6.39. The monoisotopic (exact) mass is 486 g/mol. The summed E-state index contributed by atoms with van der Waals surface area (Å²) in [6, 6.07) is 12.8. The average Bonchev–Trinajstić information content (AvgIpc) is 3.58. The molecule has 4 heterocycles. The van der Waals surface area contributed by atoms with E-state index in [4.69, 9.17) is 9.15 Å². The van der Waals surface area contributed by atoms with E-state index < -0.39 is 0 Å². The number of nitrogens with zero attached hydrogens (tertiary/aromatic N) is 4. The molecule has 0 unspecified atom stereocenters. The summed E-state index contributed by atoms with van der Waals surface area (Å²) in [5, 5.41) is 12.8. The van der Waals surface area contributed by atoms with Gasteiger partial charge in [-0.2, -0.15) is 0 Å². The molecule has 1 aliphatic carbocycles. The minimum absolute atomic E-state index is 0.432. The number of aromatic nitrogens is 1. The lowest BCUT2D eigenvalue weighted by Crippen LogP contribution is -2.43. The Morgan fingerprint density at radius 1 is 0.861 bits per heavy atom. The Bertz CT molecular complexity index is 1210. The number of ether oxygens (including phenoxy) is 1. The molecule has 2 aromatic heterocycles. The van der Waals surface area contributed by atoms with E-state index in [0.717, 1.165) is 118 Å². The molecule has 188 valence electrons. The van der Waals surface area contributed by atoms with Gasteiger partial charge in [-0.1, -0.05) is 23.4 Å². The first-order valence-electron chi connectivity index (χ1n) is 13.2. The zero-order chi connectivity index (χ0) is 24.3. The van der Waals surface area contributed by atoms with E-state index in [-0.39, 0.29) is 0 Å². The number of pyridine rings is 1. The Morgan fingerprint density at radius 3 is 2.36 bits per heavy atom. The van der Waals surface area contributed by atoms with Gasteiger partial charge < -0.3 is 19.3 Å². The van der Waals surface area contributed by atoms with Crippen LogP contribution in [0.15, 0.2) is 58.4 Å². The summed E-state index contributed by atoms with van der Waals surface area (Å²) in [4.78, 5) is 9.31. The predicted molar refractivity (Wildman–Crippen MR) is 140 cm³/mol. The van der Waals surface area contributed by atoms with Gasteiger partial charge in [-0.15, -0.1) is 0 Å². The number of aryl methyl sites for hydroxylation is 1. The van der Waals surface area contributed by atoms with Crippen molar-refractivity contribution in [2.75, 3.05) is 52.5 Å². The molecule has 2 aliphatic heterocycles. The number of piperidine rings is 1. The maximum absolute atomic E-state index is 9.31. The number of oxime groups is 1. The summed E-state index contributed by atoms with van der Waals surface area (Å²) < 4.78 is 12.1. The molecule has 0 amide bonds. The van der Waals surface area contributed by atoms with Gasteiger partial charge in [-0.25, -0.2) is 0 Å². The second-order valence-electron chi connectivity index (χ2n) is 10.1. The van der Waals surface area contributed by atoms with Crippen molar-refractivity contribution in [3.63, 3.8) is 0 Å². The number of fused-ring (bicyclic) bond motifs is 1. The highest BCUT2D eigenvalue weighted by molar-refractivity contribution is 6.04. The molecular weight excluding hydrogens is 452 g/mol. The Balaban J connectivity index is 1.21. The molecular formula is C29H34N4O3. The van der Waals surface area contributed by atoms with Gasteiger partial charge in [0.2, 0.25) is 0 Å². The largest absolute Gasteiger partial charge is 0.460 e. The Morgan fingerprint density at radius 2 is 1.61 bits per heavy atom. The zero-order valence-electron chi connectivity index (χ0n) is 20.7. The van der Waals surface area contributed by atoms with Gasteiger partial charge in [0.15, 0.2) is 0 Å². The predicted octanol–water partition coefficient (Wildman–Crippen LogP) is 4.64. The van der Waals surface area contributed by atoms with Crippen LogP contribution in [0.5, 0.6) is 0 Å². The smallest absolute Gasteiger partial charge is 0.142 e. The zero-order valence-corrected chi connectivity index (χ0v) is 20.7. The summed E-state index contributed by atoms with van der Waals surface area (Å²) in [6.45, 7) is 8.32. The number of likely N-dealkylation sites (tertiary alicyclic amines) is 1. The van der Waals surface area contributed by atoms with Crippen LogP contribution in [-0.2, 0) is 11.2 Å². The Kier molecular flexibility index (Phi) is 6.86. The van der Waals surface area contributed by atoms with Crippen LogP contribution in [0.3, 0.4) is 0 Å². The number of hydrogen-bond acceptors (Lipinski definition) is 7. The van der Waals surface area contributed by atoms with Crippen molar-refractivity contribution in [1.82, 2.24) is 14.8 Å². The van der Waals surface area contributed by atoms with Gasteiger partial charge in [0.05, 0.1) is 18.9 Å². The second kappa shape index (κ2) is 10.5. The van der Waals surface area contributed by atoms with Crippen LogP contribution in [0.1, 0.15) is 42.1 Å². The van der Waals surface area contributed by atoms with Crippen molar-refractivity contribution in [2.24, 2.45) is 5.16 Å². The standard InChI is InChI=1S/C29H34N4O3/c34-31-27-4-2-23-19-24(1-3-25(23)27)26-20-28(36-29(26)22-5-9-30-10-6-22)21-7-11-32(12-8-21)13-14-33-15-17-35-18-16-33/h1,3,5-6,9-10,19-21,34H,2,4,7-8,11-18H2. The molecule has 0 spiro atoms. The fourth-order valence-electron chi connectivity index (χ4n) is 5.83. The third kappa shape index (κ3) is 4.83. The van der Waals surface area contributed by atoms with E-state index in [1.807, 2.05) is 24.5 Å². The summed E-state index contributed by atoms with van der Waals surface area (Å²) in [7, 11) is 0. The van der Waals surface area contributed by atoms with Crippen LogP contribution in [0.2, 0.25) is 0 Å². The van der Waals surface area contributed by atoms with E-state index in [9.17, 15) is 5.21 Å². The number of morpholine rings is 1. The van der Waals surface area contributed by atoms with Gasteiger partial charge in [0.25, 0.3) is 0 Å². The van der Waals surface area contributed by atoms with Crippen molar-refractivity contribution in [3.05, 3.63) is 65.7 Å². The van der Waals surface area contributed by atoms with Gasteiger partial charge >= 0.3 is 0 Å². The first-order chi connectivity index (χ1) is 17.8. The molecule has 2 saturated heterocycles. The normalized spacial score (nSPS) is 20.7. The lowest BCUT2D eigenvalue weighted by molar-refractivity contribution is 0.0319. The highest BCUT2D eigenvalue weighted by Gasteiger charge is 2.27. The molecule has 0 atom stereocenters. The molecule has 3 aliphatic rings. The molecule has 0 bridgehead atoms. The molecule has 1 aromatic carbocycles. The van der Waals surface area contributed by atoms with Crippen molar-refractivity contribution in [2.45, 2.75) is 31.6 Å². The molecule has 7 heteroatoms. The summed E-state index contributed by atoms with van der Waals surface area (Å²) in [5.74, 6) is 2.43. The molecule has 7 nitrogen and oxygen atoms in total. The van der Waals surface area contributed by atoms with Crippen molar-refractivity contribution < 1.29 is 14.4 Å². The first-order valence-corrected chi connectivity index (χ1v) is 13.2. The quantitative estimate of drug-likeness (QED) is 0.404. The molecule has 0 saturated carbocycles. The van der Waals surface area contributed by atoms with Gasteiger partial charge in [0, 0.05) is 61.2 Å². The number of benzene rings is 1. The molecule has 0 radical (unpaired) electrons. The minimum Gasteiger partial charge on any atom is -0.460 e. The third-order valence-corrected chi connectivity index (χ3v) is 8.00. The molecule has 36 heavy (non-hydrogen) atoms. The average molecular weight is 487 g/mol. The molecule has 3 aromatic rings. The lowest BCUT2D eigenvalue weighted by Gasteiger charge is -2.34. The van der Waals surface area contributed by atoms with E-state index in [1.54, 1.807) is 0 Å². The van der Waals surface area contributed by atoms with Gasteiger partial charge in [-0.05, 0) is 68.1 Å². The molecule has 1 N–H and O–H groups in total. The van der Waals surface area contributed by atoms with E-state index in [0.29, 0.717) is 5.92 Å². The van der Waals surface area contributed by atoms with E-state index in [2.05, 4.69) is 44.2 Å². The maximum atomic E-state index is 9.31. The van der Waals surface area contributed by atoms with E-state index in [1.165, 1.54) is 5.56 Å². The van der Waals surface area contributed by atoms with Crippen LogP contribution >= 0.6 is 0 Å². The minimum atomic E-state index is 0.432. The first kappa shape index (κ1) is 23.4. The maximum Gasteiger partial charge on any atom is 0.142 e. The third-order valence-electron chi connectivity index (χ3n) is 8.00. The Labute approximate surface area is 212 Å². The number of furan rings is 1. The summed E-state index contributed by atoms with van der Waals surface area (Å²) >= 11 is 0. The molecule has 2 fully saturated rings. The number of rotatable bonds is 6. The van der Waals surface area contributed by atoms with Crippen molar-refractivity contribution in [3.8, 4) is 22.5 Å². The van der Waals surface area contributed by atoms with Crippen LogP contribution in [0.25, 0.3) is 22.5 Å². The van der Waals surface area contributed by atoms with Crippen LogP contribution in [-0.4, -0.2) is 78.2 Å². The fourth-order valence-corrected chi connectivity index (χ4v) is 5.83. The van der Waals surface area contributed by atoms with Gasteiger partial charge in [0.1, 0.15) is 11.5 Å². The van der Waals surface area contributed by atoms with Crippen LogP contribution in [0, 0.1) is 0 Å². The SMILES string of the molecule is ON=C1CCc2cc(-c3cc(C4CCN(CCN5CCOCC5)CC4)oc3-c3ccncc3)ccc21. The second-order valence-corrected chi connectivity index (χ2v) is 10.1.